The Labute approximate surface area is 61.1 Å². The van der Waals surface area contributed by atoms with Gasteiger partial charge in [0.05, 0.1) is 0 Å². The van der Waals surface area contributed by atoms with Gasteiger partial charge in [-0.2, -0.15) is 0 Å². The molecule has 0 fully saturated rings. The molecule has 0 bridgehead atoms. The van der Waals surface area contributed by atoms with Crippen LogP contribution in [0.15, 0.2) is 12.2 Å². The van der Waals surface area contributed by atoms with Gasteiger partial charge in [0, 0.05) is 6.04 Å². The van der Waals surface area contributed by atoms with Gasteiger partial charge in [0.2, 0.25) is 0 Å². The van der Waals surface area contributed by atoms with Gasteiger partial charge in [-0.15, -0.1) is 0 Å². The van der Waals surface area contributed by atoms with Gasteiger partial charge in [0.25, 0.3) is 6.47 Å². The van der Waals surface area contributed by atoms with Crippen molar-refractivity contribution in [2.45, 2.75) is 13.0 Å². The Morgan fingerprint density at radius 2 is 2.40 bits per heavy atom. The molecule has 0 aliphatic carbocycles. The second-order valence-corrected chi connectivity index (χ2v) is 1.94. The van der Waals surface area contributed by atoms with E-state index < -0.39 is 0 Å². The third kappa shape index (κ3) is 5.31. The summed E-state index contributed by atoms with van der Waals surface area (Å²) in [7, 11) is 1.87. The van der Waals surface area contributed by atoms with Crippen molar-refractivity contribution in [3.63, 3.8) is 0 Å². The quantitative estimate of drug-likeness (QED) is 0.342. The standard InChI is InChI=1S/C7H13NO2/c1-7(8-2)4-3-5-10-6-9/h3-4,6-8H,5H2,1-2H3/b4-3+. The van der Waals surface area contributed by atoms with E-state index >= 15 is 0 Å². The van der Waals surface area contributed by atoms with Gasteiger partial charge in [0.15, 0.2) is 0 Å². The Morgan fingerprint density at radius 1 is 1.70 bits per heavy atom. The molecule has 3 nitrogen and oxygen atoms in total. The molecular formula is C7H13NO2. The van der Waals surface area contributed by atoms with Crippen molar-refractivity contribution in [1.82, 2.24) is 5.32 Å². The minimum absolute atomic E-state index is 0.329. The normalized spacial score (nSPS) is 13.4. The number of likely N-dealkylation sites (N-methyl/N-ethyl adjacent to an activating group) is 1. The molecule has 0 aliphatic rings. The molecule has 1 N–H and O–H groups in total. The highest BCUT2D eigenvalue weighted by Gasteiger charge is 1.86. The van der Waals surface area contributed by atoms with Crippen LogP contribution in [0.25, 0.3) is 0 Å². The first kappa shape index (κ1) is 9.17. The number of ether oxygens (including phenoxy) is 1. The van der Waals surface area contributed by atoms with Crippen LogP contribution >= 0.6 is 0 Å². The summed E-state index contributed by atoms with van der Waals surface area (Å²) in [6, 6.07) is 0.329. The number of rotatable bonds is 5. The molecule has 0 aromatic heterocycles. The van der Waals surface area contributed by atoms with Gasteiger partial charge in [-0.3, -0.25) is 4.79 Å². The topological polar surface area (TPSA) is 38.3 Å². The van der Waals surface area contributed by atoms with E-state index in [0.29, 0.717) is 19.1 Å². The minimum atomic E-state index is 0.329. The van der Waals surface area contributed by atoms with Crippen LogP contribution in [-0.4, -0.2) is 26.2 Å². The van der Waals surface area contributed by atoms with Crippen LogP contribution in [-0.2, 0) is 9.53 Å². The lowest BCUT2D eigenvalue weighted by Crippen LogP contribution is -2.17. The van der Waals surface area contributed by atoms with Crippen molar-refractivity contribution in [1.29, 1.82) is 0 Å². The van der Waals surface area contributed by atoms with E-state index in [0.717, 1.165) is 0 Å². The fraction of sp³-hybridized carbons (Fsp3) is 0.571. The van der Waals surface area contributed by atoms with Crippen LogP contribution in [0, 0.1) is 0 Å². The summed E-state index contributed by atoms with van der Waals surface area (Å²) >= 11 is 0. The Balaban J connectivity index is 3.26. The summed E-state index contributed by atoms with van der Waals surface area (Å²) < 4.78 is 4.43. The molecule has 1 unspecified atom stereocenters. The predicted molar refractivity (Wildman–Crippen MR) is 39.7 cm³/mol. The van der Waals surface area contributed by atoms with Crippen LogP contribution < -0.4 is 5.32 Å². The molecule has 0 saturated carbocycles. The van der Waals surface area contributed by atoms with Gasteiger partial charge in [0.1, 0.15) is 6.61 Å². The van der Waals surface area contributed by atoms with Gasteiger partial charge in [-0.25, -0.2) is 0 Å². The number of nitrogens with one attached hydrogen (secondary N) is 1. The van der Waals surface area contributed by atoms with Crippen molar-refractivity contribution in [2.75, 3.05) is 13.7 Å². The summed E-state index contributed by atoms with van der Waals surface area (Å²) in [5, 5.41) is 3.01. The first-order chi connectivity index (χ1) is 4.81. The summed E-state index contributed by atoms with van der Waals surface area (Å²) in [6.07, 6.45) is 3.74. The zero-order valence-electron chi connectivity index (χ0n) is 6.33. The number of hydrogen-bond acceptors (Lipinski definition) is 3. The average Bonchev–Trinajstić information content (AvgIpc) is 1.98. The van der Waals surface area contributed by atoms with E-state index in [-0.39, 0.29) is 0 Å². The zero-order chi connectivity index (χ0) is 7.82. The van der Waals surface area contributed by atoms with E-state index in [2.05, 4.69) is 10.1 Å². The summed E-state index contributed by atoms with van der Waals surface area (Å²) in [6.45, 7) is 2.81. The molecule has 58 valence electrons. The molecule has 0 amide bonds. The van der Waals surface area contributed by atoms with Crippen LogP contribution in [0.2, 0.25) is 0 Å². The Bertz CT molecular complexity index is 112. The Kier molecular flexibility index (Phi) is 5.77. The molecule has 0 spiro atoms. The molecule has 0 radical (unpaired) electrons. The number of hydrogen-bond donors (Lipinski definition) is 1. The molecule has 1 atom stereocenters. The summed E-state index contributed by atoms with van der Waals surface area (Å²) in [5.41, 5.74) is 0. The van der Waals surface area contributed by atoms with E-state index in [1.807, 2.05) is 20.0 Å². The van der Waals surface area contributed by atoms with Crippen LogP contribution in [0.1, 0.15) is 6.92 Å². The molecule has 0 rings (SSSR count). The highest BCUT2D eigenvalue weighted by molar-refractivity contribution is 5.37. The largest absolute Gasteiger partial charge is 0.464 e. The maximum atomic E-state index is 9.65. The fourth-order valence-electron chi connectivity index (χ4n) is 0.451. The lowest BCUT2D eigenvalue weighted by Gasteiger charge is -2.00. The fourth-order valence-corrected chi connectivity index (χ4v) is 0.451. The van der Waals surface area contributed by atoms with Crippen molar-refractivity contribution in [2.24, 2.45) is 0 Å². The number of carbonyl (C=O) groups is 1. The molecule has 0 aromatic rings. The smallest absolute Gasteiger partial charge is 0.293 e. The summed E-state index contributed by atoms with van der Waals surface area (Å²) in [5.74, 6) is 0. The second-order valence-electron chi connectivity index (χ2n) is 1.94. The van der Waals surface area contributed by atoms with Crippen LogP contribution in [0.4, 0.5) is 0 Å². The van der Waals surface area contributed by atoms with Gasteiger partial charge < -0.3 is 10.1 Å². The van der Waals surface area contributed by atoms with Crippen molar-refractivity contribution in [3.05, 3.63) is 12.2 Å². The maximum absolute atomic E-state index is 9.65. The third-order valence-corrected chi connectivity index (χ3v) is 1.14. The molecule has 0 aliphatic heterocycles. The third-order valence-electron chi connectivity index (χ3n) is 1.14. The molecule has 0 aromatic carbocycles. The van der Waals surface area contributed by atoms with Gasteiger partial charge in [-0.1, -0.05) is 6.08 Å². The monoisotopic (exact) mass is 143 g/mol. The zero-order valence-corrected chi connectivity index (χ0v) is 6.33. The van der Waals surface area contributed by atoms with Gasteiger partial charge in [-0.05, 0) is 20.0 Å². The van der Waals surface area contributed by atoms with Crippen LogP contribution in [0.5, 0.6) is 0 Å². The number of carbonyl (C=O) groups excluding carboxylic acids is 1. The molecular weight excluding hydrogens is 130 g/mol. The second kappa shape index (κ2) is 6.29. The summed E-state index contributed by atoms with van der Waals surface area (Å²) in [4.78, 5) is 9.65. The molecule has 0 saturated heterocycles. The minimum Gasteiger partial charge on any atom is -0.464 e. The average molecular weight is 143 g/mol. The van der Waals surface area contributed by atoms with E-state index in [1.165, 1.54) is 0 Å². The first-order valence-corrected chi connectivity index (χ1v) is 3.20. The van der Waals surface area contributed by atoms with E-state index in [1.54, 1.807) is 6.08 Å². The molecule has 0 heterocycles. The highest BCUT2D eigenvalue weighted by Crippen LogP contribution is 1.82. The molecule has 10 heavy (non-hydrogen) atoms. The van der Waals surface area contributed by atoms with Crippen molar-refractivity contribution in [3.8, 4) is 0 Å². The predicted octanol–water partition coefficient (Wildman–Crippen LogP) is 0.323. The molecule has 3 heteroatoms. The first-order valence-electron chi connectivity index (χ1n) is 3.20. The van der Waals surface area contributed by atoms with Gasteiger partial charge >= 0.3 is 0 Å². The Morgan fingerprint density at radius 3 is 2.90 bits per heavy atom. The SMILES string of the molecule is CNC(C)/C=C/COC=O. The lowest BCUT2D eigenvalue weighted by molar-refractivity contribution is -0.127. The van der Waals surface area contributed by atoms with Crippen molar-refractivity contribution >= 4 is 6.47 Å². The lowest BCUT2D eigenvalue weighted by atomic mass is 10.3. The Hall–Kier alpha value is -0.830. The highest BCUT2D eigenvalue weighted by atomic mass is 16.5. The van der Waals surface area contributed by atoms with Crippen LogP contribution in [0.3, 0.4) is 0 Å². The maximum Gasteiger partial charge on any atom is 0.293 e. The van der Waals surface area contributed by atoms with E-state index in [4.69, 9.17) is 0 Å². The van der Waals surface area contributed by atoms with E-state index in [9.17, 15) is 4.79 Å². The van der Waals surface area contributed by atoms with Crippen molar-refractivity contribution < 1.29 is 9.53 Å².